The molecule has 29 heavy (non-hydrogen) atoms. The van der Waals surface area contributed by atoms with E-state index in [1.165, 1.54) is 22.3 Å². The quantitative estimate of drug-likeness (QED) is 0.184. The number of ether oxygens (including phenoxy) is 1. The van der Waals surface area contributed by atoms with E-state index < -0.39 is 0 Å². The third-order valence-corrected chi connectivity index (χ3v) is 5.56. The summed E-state index contributed by atoms with van der Waals surface area (Å²) in [6.45, 7) is 9.09. The normalized spacial score (nSPS) is 12.9. The average molecular weight is 411 g/mol. The van der Waals surface area contributed by atoms with E-state index in [0.717, 1.165) is 25.7 Å². The van der Waals surface area contributed by atoms with Gasteiger partial charge in [0, 0.05) is 11.2 Å². The van der Waals surface area contributed by atoms with Gasteiger partial charge in [-0.15, -0.1) is 9.24 Å². The molecule has 2 aromatic rings. The minimum atomic E-state index is -0.231. The Morgan fingerprint density at radius 2 is 1.62 bits per heavy atom. The fraction of sp³-hybridized carbons (Fsp3) is 0.423. The van der Waals surface area contributed by atoms with Gasteiger partial charge in [-0.2, -0.15) is 0 Å². The number of rotatable bonds is 10. The predicted octanol–water partition coefficient (Wildman–Crippen LogP) is 6.93. The molecule has 0 saturated carbocycles. The highest BCUT2D eigenvalue weighted by atomic mass is 31.0. The van der Waals surface area contributed by atoms with Crippen LogP contribution in [0.3, 0.4) is 0 Å². The second-order valence-electron chi connectivity index (χ2n) is 8.37. The summed E-state index contributed by atoms with van der Waals surface area (Å²) in [5.41, 5.74) is 5.12. The van der Waals surface area contributed by atoms with Gasteiger partial charge >= 0.3 is 5.97 Å². The summed E-state index contributed by atoms with van der Waals surface area (Å²) in [6.07, 6.45) is 7.40. The van der Waals surface area contributed by atoms with Crippen molar-refractivity contribution < 1.29 is 9.53 Å². The van der Waals surface area contributed by atoms with Crippen molar-refractivity contribution >= 4 is 15.2 Å². The van der Waals surface area contributed by atoms with Crippen LogP contribution in [0.1, 0.15) is 58.1 Å². The van der Waals surface area contributed by atoms with Crippen molar-refractivity contribution in [2.24, 2.45) is 5.92 Å². The molecule has 0 saturated heterocycles. The van der Waals surface area contributed by atoms with Crippen molar-refractivity contribution in [3.63, 3.8) is 0 Å². The molecule has 0 aliphatic rings. The van der Waals surface area contributed by atoms with Crippen LogP contribution in [0.25, 0.3) is 11.1 Å². The lowest BCUT2D eigenvalue weighted by Crippen LogP contribution is -2.05. The molecule has 0 fully saturated rings. The zero-order chi connectivity index (χ0) is 21.3. The second kappa shape index (κ2) is 11.3. The van der Waals surface area contributed by atoms with Crippen LogP contribution in [-0.2, 0) is 21.1 Å². The fourth-order valence-electron chi connectivity index (χ4n) is 2.99. The molecule has 0 heterocycles. The Balaban J connectivity index is 1.75. The van der Waals surface area contributed by atoms with E-state index in [0.29, 0.717) is 12.5 Å². The summed E-state index contributed by atoms with van der Waals surface area (Å²) in [7, 11) is 2.89. The molecule has 0 radical (unpaired) electrons. The lowest BCUT2D eigenvalue weighted by molar-refractivity contribution is -0.137. The molecule has 0 amide bonds. The van der Waals surface area contributed by atoms with Gasteiger partial charge in [0.15, 0.2) is 0 Å². The first-order valence-corrected chi connectivity index (χ1v) is 11.2. The van der Waals surface area contributed by atoms with Crippen LogP contribution in [0.5, 0.6) is 0 Å². The van der Waals surface area contributed by atoms with Crippen LogP contribution in [0.15, 0.2) is 60.7 Å². The highest BCUT2D eigenvalue weighted by molar-refractivity contribution is 7.18. The van der Waals surface area contributed by atoms with Gasteiger partial charge in [0.05, 0.1) is 6.61 Å². The summed E-state index contributed by atoms with van der Waals surface area (Å²) >= 11 is 0. The standard InChI is InChI=1S/C26H35O2P/c1-5-20(2)9-18-25(27)28-19-7-6-8-21-10-12-22(13-11-21)23-14-16-24(17-15-23)26(3,4)29/h9-18,20H,5-8,19,29H2,1-4H3/b18-9+. The smallest absolute Gasteiger partial charge is 0.330 e. The van der Waals surface area contributed by atoms with E-state index in [-0.39, 0.29) is 11.1 Å². The molecule has 0 aliphatic carbocycles. The van der Waals surface area contributed by atoms with E-state index in [4.69, 9.17) is 4.74 Å². The zero-order valence-corrected chi connectivity index (χ0v) is 19.4. The minimum absolute atomic E-state index is 0.0981. The van der Waals surface area contributed by atoms with Gasteiger partial charge in [-0.25, -0.2) is 4.79 Å². The van der Waals surface area contributed by atoms with Gasteiger partial charge in [-0.3, -0.25) is 0 Å². The number of aryl methyl sites for hydroxylation is 1. The Labute approximate surface area is 179 Å². The Hall–Kier alpha value is -1.92. The van der Waals surface area contributed by atoms with Gasteiger partial charge in [-0.1, -0.05) is 88.7 Å². The van der Waals surface area contributed by atoms with Crippen LogP contribution in [0, 0.1) is 5.92 Å². The highest BCUT2D eigenvalue weighted by Crippen LogP contribution is 2.31. The first-order chi connectivity index (χ1) is 13.8. The largest absolute Gasteiger partial charge is 0.463 e. The lowest BCUT2D eigenvalue weighted by atomic mass is 9.97. The van der Waals surface area contributed by atoms with Crippen molar-refractivity contribution in [2.75, 3.05) is 6.61 Å². The molecule has 0 aliphatic heterocycles. The van der Waals surface area contributed by atoms with Crippen molar-refractivity contribution in [2.45, 2.75) is 58.5 Å². The summed E-state index contributed by atoms with van der Waals surface area (Å²) < 4.78 is 5.26. The van der Waals surface area contributed by atoms with Crippen molar-refractivity contribution in [3.8, 4) is 11.1 Å². The molecule has 2 aromatic carbocycles. The van der Waals surface area contributed by atoms with E-state index in [1.807, 2.05) is 6.08 Å². The molecule has 2 nitrogen and oxygen atoms in total. The molecule has 0 spiro atoms. The van der Waals surface area contributed by atoms with Crippen LogP contribution < -0.4 is 0 Å². The van der Waals surface area contributed by atoms with Gasteiger partial charge in [0.25, 0.3) is 0 Å². The van der Waals surface area contributed by atoms with Crippen LogP contribution in [0.2, 0.25) is 0 Å². The SMILES string of the molecule is CCC(C)/C=C/C(=O)OCCCCc1ccc(-c2ccc(C(C)(C)P)cc2)cc1. The monoisotopic (exact) mass is 410 g/mol. The van der Waals surface area contributed by atoms with Crippen LogP contribution >= 0.6 is 9.24 Å². The Morgan fingerprint density at radius 3 is 2.17 bits per heavy atom. The minimum Gasteiger partial charge on any atom is -0.463 e. The van der Waals surface area contributed by atoms with Gasteiger partial charge < -0.3 is 4.74 Å². The Morgan fingerprint density at radius 1 is 1.03 bits per heavy atom. The summed E-state index contributed by atoms with van der Waals surface area (Å²) in [4.78, 5) is 11.6. The molecule has 0 aromatic heterocycles. The number of carbonyl (C=O) groups excluding carboxylic acids is 1. The summed E-state index contributed by atoms with van der Waals surface area (Å²) in [5.74, 6) is 0.187. The molecule has 2 rings (SSSR count). The first kappa shape index (κ1) is 23.4. The van der Waals surface area contributed by atoms with Gasteiger partial charge in [-0.05, 0) is 47.4 Å². The molecule has 0 bridgehead atoms. The maximum atomic E-state index is 11.6. The average Bonchev–Trinajstić information content (AvgIpc) is 2.71. The maximum Gasteiger partial charge on any atom is 0.330 e. The lowest BCUT2D eigenvalue weighted by Gasteiger charge is -2.19. The van der Waals surface area contributed by atoms with Crippen molar-refractivity contribution in [1.29, 1.82) is 0 Å². The third kappa shape index (κ3) is 8.15. The second-order valence-corrected chi connectivity index (χ2v) is 9.81. The third-order valence-electron chi connectivity index (χ3n) is 5.23. The number of allylic oxidation sites excluding steroid dienone is 1. The topological polar surface area (TPSA) is 26.3 Å². The number of esters is 1. The van der Waals surface area contributed by atoms with Crippen LogP contribution in [0.4, 0.5) is 0 Å². The zero-order valence-electron chi connectivity index (χ0n) is 18.3. The van der Waals surface area contributed by atoms with Gasteiger partial charge in [0.2, 0.25) is 0 Å². The number of unbranched alkanes of at least 4 members (excludes halogenated alkanes) is 1. The number of hydrogen-bond donors (Lipinski definition) is 0. The number of hydrogen-bond acceptors (Lipinski definition) is 2. The molecular weight excluding hydrogens is 375 g/mol. The van der Waals surface area contributed by atoms with E-state index in [1.54, 1.807) is 6.08 Å². The molecular formula is C26H35O2P. The van der Waals surface area contributed by atoms with E-state index >= 15 is 0 Å². The predicted molar refractivity (Wildman–Crippen MR) is 127 cm³/mol. The number of carbonyl (C=O) groups is 1. The Kier molecular flexibility index (Phi) is 9.11. The molecule has 2 atom stereocenters. The Bertz CT molecular complexity index is 783. The highest BCUT2D eigenvalue weighted by Gasteiger charge is 2.13. The van der Waals surface area contributed by atoms with Gasteiger partial charge in [0.1, 0.15) is 0 Å². The maximum absolute atomic E-state index is 11.6. The van der Waals surface area contributed by atoms with E-state index in [9.17, 15) is 4.79 Å². The van der Waals surface area contributed by atoms with Crippen molar-refractivity contribution in [3.05, 3.63) is 71.8 Å². The molecule has 3 heteroatoms. The fourth-order valence-corrected chi connectivity index (χ4v) is 3.18. The molecule has 156 valence electrons. The van der Waals surface area contributed by atoms with Crippen molar-refractivity contribution in [1.82, 2.24) is 0 Å². The molecule has 0 N–H and O–H groups in total. The first-order valence-electron chi connectivity index (χ1n) is 10.6. The van der Waals surface area contributed by atoms with Crippen LogP contribution in [-0.4, -0.2) is 12.6 Å². The summed E-state index contributed by atoms with van der Waals surface area (Å²) in [6, 6.07) is 17.6. The van der Waals surface area contributed by atoms with E-state index in [2.05, 4.69) is 85.5 Å². The number of benzene rings is 2. The summed E-state index contributed by atoms with van der Waals surface area (Å²) in [5, 5.41) is 0.0981. The molecule has 2 unspecified atom stereocenters.